The minimum absolute atomic E-state index is 0.0893. The Labute approximate surface area is 133 Å². The average molecular weight is 318 g/mol. The number of nitrogens with one attached hydrogen (secondary N) is 1. The van der Waals surface area contributed by atoms with Gasteiger partial charge in [-0.15, -0.1) is 11.3 Å². The Bertz CT molecular complexity index is 701. The molecule has 0 unspecified atom stereocenters. The fourth-order valence-corrected chi connectivity index (χ4v) is 2.63. The Kier molecular flexibility index (Phi) is 4.61. The summed E-state index contributed by atoms with van der Waals surface area (Å²) in [7, 11) is 1.32. The van der Waals surface area contributed by atoms with Crippen molar-refractivity contribution in [1.29, 1.82) is 0 Å². The number of thiazole rings is 1. The summed E-state index contributed by atoms with van der Waals surface area (Å²) in [5, 5.41) is 3.67. The van der Waals surface area contributed by atoms with E-state index in [4.69, 9.17) is 0 Å². The van der Waals surface area contributed by atoms with Crippen LogP contribution in [0.2, 0.25) is 0 Å². The molecule has 2 aromatic rings. The maximum atomic E-state index is 12.2. The minimum atomic E-state index is -0.441. The van der Waals surface area contributed by atoms with Crippen molar-refractivity contribution in [2.75, 3.05) is 12.4 Å². The second-order valence-electron chi connectivity index (χ2n) is 5.81. The van der Waals surface area contributed by atoms with Gasteiger partial charge in [0.2, 0.25) is 0 Å². The van der Waals surface area contributed by atoms with Crippen molar-refractivity contribution in [2.24, 2.45) is 0 Å². The zero-order valence-corrected chi connectivity index (χ0v) is 13.8. The lowest BCUT2D eigenvalue weighted by Gasteiger charge is -2.13. The summed E-state index contributed by atoms with van der Waals surface area (Å²) < 4.78 is 4.66. The van der Waals surface area contributed by atoms with E-state index in [9.17, 15) is 9.59 Å². The fraction of sp³-hybridized carbons (Fsp3) is 0.312. The number of nitrogens with zero attached hydrogens (tertiary/aromatic N) is 1. The van der Waals surface area contributed by atoms with E-state index in [2.05, 4.69) is 15.0 Å². The van der Waals surface area contributed by atoms with Crippen molar-refractivity contribution in [1.82, 2.24) is 4.98 Å². The smallest absolute Gasteiger partial charge is 0.337 e. The predicted molar refractivity (Wildman–Crippen MR) is 86.5 cm³/mol. The second kappa shape index (κ2) is 6.27. The molecule has 0 radical (unpaired) electrons. The fourth-order valence-electron chi connectivity index (χ4n) is 1.76. The molecule has 0 aliphatic carbocycles. The van der Waals surface area contributed by atoms with Crippen LogP contribution in [0.15, 0.2) is 30.5 Å². The summed E-state index contributed by atoms with van der Waals surface area (Å²) in [4.78, 5) is 28.6. The van der Waals surface area contributed by atoms with E-state index >= 15 is 0 Å². The minimum Gasteiger partial charge on any atom is -0.465 e. The van der Waals surface area contributed by atoms with Crippen LogP contribution in [-0.4, -0.2) is 24.0 Å². The molecule has 1 aromatic carbocycles. The van der Waals surface area contributed by atoms with Crippen LogP contribution in [0.25, 0.3) is 0 Å². The molecule has 0 bridgehead atoms. The molecule has 1 amide bonds. The van der Waals surface area contributed by atoms with Gasteiger partial charge in [0.25, 0.3) is 5.91 Å². The SMILES string of the molecule is COC(=O)c1cccc(NC(=O)c2cnc(C(C)(C)C)s2)c1. The molecule has 1 N–H and O–H groups in total. The van der Waals surface area contributed by atoms with E-state index in [1.165, 1.54) is 18.4 Å². The number of hydrogen-bond donors (Lipinski definition) is 1. The van der Waals surface area contributed by atoms with E-state index in [1.807, 2.05) is 20.8 Å². The Morgan fingerprint density at radius 2 is 2.00 bits per heavy atom. The maximum Gasteiger partial charge on any atom is 0.337 e. The van der Waals surface area contributed by atoms with E-state index in [0.717, 1.165) is 5.01 Å². The van der Waals surface area contributed by atoms with Crippen LogP contribution in [0.1, 0.15) is 45.8 Å². The van der Waals surface area contributed by atoms with Crippen LogP contribution < -0.4 is 5.32 Å². The summed E-state index contributed by atoms with van der Waals surface area (Å²) in [5.74, 6) is -0.682. The Morgan fingerprint density at radius 1 is 1.27 bits per heavy atom. The molecular formula is C16H18N2O3S. The van der Waals surface area contributed by atoms with Crippen molar-refractivity contribution in [3.63, 3.8) is 0 Å². The van der Waals surface area contributed by atoms with E-state index < -0.39 is 5.97 Å². The van der Waals surface area contributed by atoms with Gasteiger partial charge >= 0.3 is 5.97 Å². The van der Waals surface area contributed by atoms with Gasteiger partial charge in [0.1, 0.15) is 4.88 Å². The first-order valence-electron chi connectivity index (χ1n) is 6.77. The number of esters is 1. The quantitative estimate of drug-likeness (QED) is 0.880. The van der Waals surface area contributed by atoms with Crippen LogP contribution >= 0.6 is 11.3 Å². The van der Waals surface area contributed by atoms with Crippen LogP contribution in [0.5, 0.6) is 0 Å². The van der Waals surface area contributed by atoms with Gasteiger partial charge in [-0.1, -0.05) is 26.8 Å². The zero-order valence-electron chi connectivity index (χ0n) is 13.0. The molecule has 6 heteroatoms. The third-order valence-corrected chi connectivity index (χ3v) is 4.33. The lowest BCUT2D eigenvalue weighted by atomic mass is 9.98. The van der Waals surface area contributed by atoms with Crippen molar-refractivity contribution in [2.45, 2.75) is 26.2 Å². The van der Waals surface area contributed by atoms with Crippen molar-refractivity contribution >= 4 is 28.9 Å². The van der Waals surface area contributed by atoms with Gasteiger partial charge < -0.3 is 10.1 Å². The predicted octanol–water partition coefficient (Wildman–Crippen LogP) is 3.48. The van der Waals surface area contributed by atoms with Gasteiger partial charge in [0, 0.05) is 11.1 Å². The van der Waals surface area contributed by atoms with Gasteiger partial charge in [-0.3, -0.25) is 4.79 Å². The molecule has 116 valence electrons. The Balaban J connectivity index is 2.15. The molecule has 1 heterocycles. The molecule has 0 saturated carbocycles. The van der Waals surface area contributed by atoms with Crippen LogP contribution in [-0.2, 0) is 10.2 Å². The molecule has 0 fully saturated rings. The van der Waals surface area contributed by atoms with Crippen molar-refractivity contribution < 1.29 is 14.3 Å². The zero-order chi connectivity index (χ0) is 16.3. The normalized spacial score (nSPS) is 11.1. The van der Waals surface area contributed by atoms with Crippen LogP contribution in [0.3, 0.4) is 0 Å². The highest BCUT2D eigenvalue weighted by molar-refractivity contribution is 7.13. The molecular weight excluding hydrogens is 300 g/mol. The summed E-state index contributed by atoms with van der Waals surface area (Å²) >= 11 is 1.37. The van der Waals surface area contributed by atoms with E-state index in [0.29, 0.717) is 16.1 Å². The first-order chi connectivity index (χ1) is 10.3. The van der Waals surface area contributed by atoms with Crippen LogP contribution in [0, 0.1) is 0 Å². The lowest BCUT2D eigenvalue weighted by Crippen LogP contribution is -2.11. The highest BCUT2D eigenvalue weighted by Gasteiger charge is 2.20. The van der Waals surface area contributed by atoms with Gasteiger partial charge in [-0.2, -0.15) is 0 Å². The standard InChI is InChI=1S/C16H18N2O3S/c1-16(2,3)15-17-9-12(22-15)13(19)18-11-7-5-6-10(8-11)14(20)21-4/h5-9H,1-4H3,(H,18,19). The number of amides is 1. The Morgan fingerprint density at radius 3 is 2.59 bits per heavy atom. The van der Waals surface area contributed by atoms with Crippen molar-refractivity contribution in [3.8, 4) is 0 Å². The molecule has 5 nitrogen and oxygen atoms in total. The number of hydrogen-bond acceptors (Lipinski definition) is 5. The van der Waals surface area contributed by atoms with Crippen LogP contribution in [0.4, 0.5) is 5.69 Å². The average Bonchev–Trinajstić information content (AvgIpc) is 2.96. The molecule has 1 aromatic heterocycles. The first kappa shape index (κ1) is 16.2. The number of ether oxygens (including phenoxy) is 1. The van der Waals surface area contributed by atoms with E-state index in [1.54, 1.807) is 30.5 Å². The third-order valence-electron chi connectivity index (χ3n) is 2.91. The van der Waals surface area contributed by atoms with Gasteiger partial charge in [-0.25, -0.2) is 9.78 Å². The monoisotopic (exact) mass is 318 g/mol. The molecule has 0 aliphatic rings. The number of rotatable bonds is 3. The third kappa shape index (κ3) is 3.71. The molecule has 2 rings (SSSR count). The number of aromatic nitrogens is 1. The molecule has 22 heavy (non-hydrogen) atoms. The number of benzene rings is 1. The number of anilines is 1. The highest BCUT2D eigenvalue weighted by atomic mass is 32.1. The molecule has 0 aliphatic heterocycles. The topological polar surface area (TPSA) is 68.3 Å². The molecule has 0 saturated heterocycles. The van der Waals surface area contributed by atoms with Gasteiger partial charge in [0.05, 0.1) is 23.9 Å². The van der Waals surface area contributed by atoms with Gasteiger partial charge in [-0.05, 0) is 18.2 Å². The summed E-state index contributed by atoms with van der Waals surface area (Å²) in [5.41, 5.74) is 0.840. The summed E-state index contributed by atoms with van der Waals surface area (Å²) in [6.07, 6.45) is 1.57. The largest absolute Gasteiger partial charge is 0.465 e. The Hall–Kier alpha value is -2.21. The molecule has 0 spiro atoms. The highest BCUT2D eigenvalue weighted by Crippen LogP contribution is 2.27. The second-order valence-corrected chi connectivity index (χ2v) is 6.84. The van der Waals surface area contributed by atoms with Gasteiger partial charge in [0.15, 0.2) is 0 Å². The summed E-state index contributed by atoms with van der Waals surface area (Å²) in [6.45, 7) is 6.15. The molecule has 0 atom stereocenters. The summed E-state index contributed by atoms with van der Waals surface area (Å²) in [6, 6.07) is 6.62. The number of methoxy groups -OCH3 is 1. The number of carbonyl (C=O) groups excluding carboxylic acids is 2. The number of carbonyl (C=O) groups is 2. The van der Waals surface area contributed by atoms with E-state index in [-0.39, 0.29) is 11.3 Å². The maximum absolute atomic E-state index is 12.2. The first-order valence-corrected chi connectivity index (χ1v) is 7.59. The van der Waals surface area contributed by atoms with Crippen molar-refractivity contribution in [3.05, 3.63) is 45.9 Å². The lowest BCUT2D eigenvalue weighted by molar-refractivity contribution is 0.0600.